The summed E-state index contributed by atoms with van der Waals surface area (Å²) in [7, 11) is 0. The van der Waals surface area contributed by atoms with Crippen LogP contribution in [0.1, 0.15) is 32.1 Å². The summed E-state index contributed by atoms with van der Waals surface area (Å²) in [5, 5.41) is 13.2. The third kappa shape index (κ3) is 3.18. The van der Waals surface area contributed by atoms with Crippen molar-refractivity contribution in [1.29, 1.82) is 0 Å². The highest BCUT2D eigenvalue weighted by Crippen LogP contribution is 2.36. The van der Waals surface area contributed by atoms with Crippen LogP contribution >= 0.6 is 0 Å². The van der Waals surface area contributed by atoms with Gasteiger partial charge in [-0.3, -0.25) is 14.9 Å². The van der Waals surface area contributed by atoms with E-state index in [0.717, 1.165) is 31.4 Å². The number of hydrogen-bond donors (Lipinski definition) is 2. The standard InChI is InChI=1S/C14H18FN3O3/c15-11-8-10(4-5-12(11)18(20)21)17-13(19)14(9-16)6-2-1-3-7-14/h4-5,8H,1-3,6-7,9,16H2,(H,17,19). The molecule has 3 N–H and O–H groups in total. The van der Waals surface area contributed by atoms with Crippen molar-refractivity contribution in [3.8, 4) is 0 Å². The van der Waals surface area contributed by atoms with E-state index < -0.39 is 21.8 Å². The molecule has 0 unspecified atom stereocenters. The van der Waals surface area contributed by atoms with E-state index in [0.29, 0.717) is 12.8 Å². The molecule has 7 heteroatoms. The van der Waals surface area contributed by atoms with Crippen LogP contribution in [0.15, 0.2) is 18.2 Å². The second kappa shape index (κ2) is 6.17. The van der Waals surface area contributed by atoms with Gasteiger partial charge in [-0.1, -0.05) is 19.3 Å². The van der Waals surface area contributed by atoms with Gasteiger partial charge in [-0.15, -0.1) is 0 Å². The van der Waals surface area contributed by atoms with E-state index in [1.807, 2.05) is 0 Å². The molecule has 0 aromatic heterocycles. The van der Waals surface area contributed by atoms with Crippen molar-refractivity contribution in [3.63, 3.8) is 0 Å². The Balaban J connectivity index is 2.15. The Morgan fingerprint density at radius 1 is 1.38 bits per heavy atom. The highest BCUT2D eigenvalue weighted by Gasteiger charge is 2.38. The number of benzene rings is 1. The minimum Gasteiger partial charge on any atom is -0.329 e. The molecular formula is C14H18FN3O3. The van der Waals surface area contributed by atoms with E-state index in [1.54, 1.807) is 0 Å². The number of nitro groups is 1. The van der Waals surface area contributed by atoms with E-state index in [1.165, 1.54) is 6.07 Å². The molecule has 1 fully saturated rings. The average Bonchev–Trinajstić information content (AvgIpc) is 2.47. The summed E-state index contributed by atoms with van der Waals surface area (Å²) in [5.41, 5.74) is 4.75. The van der Waals surface area contributed by atoms with Crippen LogP contribution in [0.3, 0.4) is 0 Å². The quantitative estimate of drug-likeness (QED) is 0.658. The first-order valence-corrected chi connectivity index (χ1v) is 6.94. The fourth-order valence-corrected chi connectivity index (χ4v) is 2.75. The van der Waals surface area contributed by atoms with Gasteiger partial charge in [0.1, 0.15) is 0 Å². The smallest absolute Gasteiger partial charge is 0.304 e. The zero-order valence-electron chi connectivity index (χ0n) is 11.6. The number of nitrogens with two attached hydrogens (primary N) is 1. The van der Waals surface area contributed by atoms with Crippen molar-refractivity contribution in [2.45, 2.75) is 32.1 Å². The molecule has 1 aromatic carbocycles. The predicted molar refractivity (Wildman–Crippen MR) is 76.3 cm³/mol. The lowest BCUT2D eigenvalue weighted by Crippen LogP contribution is -2.43. The van der Waals surface area contributed by atoms with Crippen LogP contribution in [0.2, 0.25) is 0 Å². The summed E-state index contributed by atoms with van der Waals surface area (Å²) in [6, 6.07) is 3.33. The van der Waals surface area contributed by atoms with Crippen LogP contribution in [-0.2, 0) is 4.79 Å². The van der Waals surface area contributed by atoms with Gasteiger partial charge in [-0.2, -0.15) is 4.39 Å². The summed E-state index contributed by atoms with van der Waals surface area (Å²) in [6.07, 6.45) is 4.40. The number of anilines is 1. The van der Waals surface area contributed by atoms with Crippen LogP contribution in [0.5, 0.6) is 0 Å². The lowest BCUT2D eigenvalue weighted by molar-refractivity contribution is -0.387. The van der Waals surface area contributed by atoms with Crippen LogP contribution < -0.4 is 11.1 Å². The van der Waals surface area contributed by atoms with Gasteiger partial charge in [0.2, 0.25) is 11.7 Å². The maximum absolute atomic E-state index is 13.6. The Bertz CT molecular complexity index is 556. The Morgan fingerprint density at radius 3 is 2.57 bits per heavy atom. The SMILES string of the molecule is NCC1(C(=O)Nc2ccc([N+](=O)[O-])c(F)c2)CCCCC1. The maximum atomic E-state index is 13.6. The average molecular weight is 295 g/mol. The number of nitrogens with one attached hydrogen (secondary N) is 1. The Hall–Kier alpha value is -2.02. The number of amides is 1. The van der Waals surface area contributed by atoms with Crippen molar-refractivity contribution >= 4 is 17.3 Å². The topological polar surface area (TPSA) is 98.3 Å². The number of hydrogen-bond acceptors (Lipinski definition) is 4. The fourth-order valence-electron chi connectivity index (χ4n) is 2.75. The van der Waals surface area contributed by atoms with E-state index in [-0.39, 0.29) is 18.1 Å². The molecule has 0 spiro atoms. The first-order valence-electron chi connectivity index (χ1n) is 6.94. The van der Waals surface area contributed by atoms with E-state index in [4.69, 9.17) is 5.73 Å². The summed E-state index contributed by atoms with van der Waals surface area (Å²) < 4.78 is 13.6. The molecule has 1 aliphatic carbocycles. The molecule has 0 atom stereocenters. The molecule has 1 aromatic rings. The molecule has 1 amide bonds. The van der Waals surface area contributed by atoms with Crippen molar-refractivity contribution in [2.75, 3.05) is 11.9 Å². The maximum Gasteiger partial charge on any atom is 0.304 e. The van der Waals surface area contributed by atoms with Gasteiger partial charge >= 0.3 is 5.69 Å². The third-order valence-corrected chi connectivity index (χ3v) is 4.09. The van der Waals surface area contributed by atoms with Crippen LogP contribution in [0.4, 0.5) is 15.8 Å². The molecule has 21 heavy (non-hydrogen) atoms. The highest BCUT2D eigenvalue weighted by atomic mass is 19.1. The zero-order chi connectivity index (χ0) is 15.5. The molecule has 114 valence electrons. The van der Waals surface area contributed by atoms with Gasteiger partial charge in [0.15, 0.2) is 0 Å². The van der Waals surface area contributed by atoms with E-state index >= 15 is 0 Å². The Morgan fingerprint density at radius 2 is 2.05 bits per heavy atom. The first-order chi connectivity index (χ1) is 9.98. The molecule has 0 bridgehead atoms. The number of rotatable bonds is 4. The molecule has 1 aliphatic rings. The first kappa shape index (κ1) is 15.4. The number of nitro benzene ring substituents is 1. The molecule has 0 radical (unpaired) electrons. The fraction of sp³-hybridized carbons (Fsp3) is 0.500. The van der Waals surface area contributed by atoms with Crippen molar-refractivity contribution < 1.29 is 14.1 Å². The third-order valence-electron chi connectivity index (χ3n) is 4.09. The molecule has 0 aliphatic heterocycles. The Kier molecular flexibility index (Phi) is 4.52. The molecule has 0 heterocycles. The second-order valence-corrected chi connectivity index (χ2v) is 5.42. The van der Waals surface area contributed by atoms with Crippen LogP contribution in [0.25, 0.3) is 0 Å². The lowest BCUT2D eigenvalue weighted by Gasteiger charge is -2.34. The van der Waals surface area contributed by atoms with Gasteiger partial charge in [0.05, 0.1) is 10.3 Å². The van der Waals surface area contributed by atoms with Gasteiger partial charge in [0, 0.05) is 24.4 Å². The second-order valence-electron chi connectivity index (χ2n) is 5.42. The van der Waals surface area contributed by atoms with Gasteiger partial charge < -0.3 is 11.1 Å². The van der Waals surface area contributed by atoms with Crippen molar-refractivity contribution in [2.24, 2.45) is 11.1 Å². The minimum absolute atomic E-state index is 0.210. The van der Waals surface area contributed by atoms with Crippen LogP contribution in [0, 0.1) is 21.3 Å². The largest absolute Gasteiger partial charge is 0.329 e. The van der Waals surface area contributed by atoms with Gasteiger partial charge in [0.25, 0.3) is 0 Å². The number of halogens is 1. The molecule has 1 saturated carbocycles. The van der Waals surface area contributed by atoms with Crippen molar-refractivity contribution in [3.05, 3.63) is 34.1 Å². The van der Waals surface area contributed by atoms with E-state index in [2.05, 4.69) is 5.32 Å². The monoisotopic (exact) mass is 295 g/mol. The number of nitrogens with zero attached hydrogens (tertiary/aromatic N) is 1. The highest BCUT2D eigenvalue weighted by molar-refractivity contribution is 5.95. The molecule has 2 rings (SSSR count). The molecule has 6 nitrogen and oxygen atoms in total. The van der Waals surface area contributed by atoms with E-state index in [9.17, 15) is 19.3 Å². The predicted octanol–water partition coefficient (Wildman–Crippen LogP) is 2.58. The number of carbonyl (C=O) groups is 1. The Labute approximate surface area is 121 Å². The normalized spacial score (nSPS) is 17.2. The number of carbonyl (C=O) groups excluding carboxylic acids is 1. The van der Waals surface area contributed by atoms with Crippen LogP contribution in [-0.4, -0.2) is 17.4 Å². The van der Waals surface area contributed by atoms with Gasteiger partial charge in [-0.25, -0.2) is 0 Å². The zero-order valence-corrected chi connectivity index (χ0v) is 11.6. The van der Waals surface area contributed by atoms with Crippen molar-refractivity contribution in [1.82, 2.24) is 0 Å². The molecule has 0 saturated heterocycles. The summed E-state index contributed by atoms with van der Waals surface area (Å²) >= 11 is 0. The molecular weight excluding hydrogens is 277 g/mol. The summed E-state index contributed by atoms with van der Waals surface area (Å²) in [4.78, 5) is 22.2. The lowest BCUT2D eigenvalue weighted by atomic mass is 9.73. The summed E-state index contributed by atoms with van der Waals surface area (Å²) in [6.45, 7) is 0.244. The van der Waals surface area contributed by atoms with Gasteiger partial charge in [-0.05, 0) is 18.9 Å². The summed E-state index contributed by atoms with van der Waals surface area (Å²) in [5.74, 6) is -1.21. The minimum atomic E-state index is -0.969.